The minimum absolute atomic E-state index is 0.0600. The number of thiophene rings is 1. The van der Waals surface area contributed by atoms with E-state index in [1.807, 2.05) is 16.8 Å². The zero-order valence-corrected chi connectivity index (χ0v) is 19.8. The molecule has 1 aromatic heterocycles. The summed E-state index contributed by atoms with van der Waals surface area (Å²) in [6.45, 7) is 0. The van der Waals surface area contributed by atoms with Crippen LogP contribution in [0.1, 0.15) is 17.5 Å². The van der Waals surface area contributed by atoms with Gasteiger partial charge in [0.1, 0.15) is 22.8 Å². The van der Waals surface area contributed by atoms with Gasteiger partial charge >= 0.3 is 0 Å². The van der Waals surface area contributed by atoms with Gasteiger partial charge in [-0.05, 0) is 72.4 Å². The molecule has 0 aliphatic heterocycles. The number of Topliss-reactive ketones (excluding diaryl/α,β-unsaturated/α-hetero) is 2. The summed E-state index contributed by atoms with van der Waals surface area (Å²) in [5.41, 5.74) is 4.14. The molecule has 0 spiro atoms. The Balaban J connectivity index is 1.75. The maximum absolute atomic E-state index is 13.8. The maximum atomic E-state index is 13.8. The number of phenolic OH excluding ortho intramolecular Hbond substituents is 1. The molecule has 3 aliphatic carbocycles. The Morgan fingerprint density at radius 2 is 1.89 bits per heavy atom. The van der Waals surface area contributed by atoms with Crippen LogP contribution in [0.3, 0.4) is 0 Å². The summed E-state index contributed by atoms with van der Waals surface area (Å²) in [4.78, 5) is 40.4. The Bertz CT molecular complexity index is 1360. The quantitative estimate of drug-likeness (QED) is 0.401. The highest BCUT2D eigenvalue weighted by molar-refractivity contribution is 7.08. The number of aliphatic hydroxyl groups is 3. The van der Waals surface area contributed by atoms with E-state index in [1.165, 1.54) is 22.3 Å². The number of likely N-dealkylation sites (N-methyl/N-ethyl adjacent to an activating group) is 1. The molecule has 0 saturated heterocycles. The number of rotatable bonds is 3. The van der Waals surface area contributed by atoms with E-state index in [9.17, 15) is 34.8 Å². The summed E-state index contributed by atoms with van der Waals surface area (Å²) in [5.74, 6) is -6.55. The fourth-order valence-electron chi connectivity index (χ4n) is 5.93. The van der Waals surface area contributed by atoms with Crippen molar-refractivity contribution in [1.82, 2.24) is 4.90 Å². The van der Waals surface area contributed by atoms with Crippen molar-refractivity contribution < 1.29 is 34.8 Å². The van der Waals surface area contributed by atoms with Gasteiger partial charge in [0.2, 0.25) is 5.78 Å². The minimum Gasteiger partial charge on any atom is -0.508 e. The predicted molar refractivity (Wildman–Crippen MR) is 128 cm³/mol. The van der Waals surface area contributed by atoms with Gasteiger partial charge in [-0.2, -0.15) is 11.3 Å². The summed E-state index contributed by atoms with van der Waals surface area (Å²) in [5, 5.41) is 48.1. The van der Waals surface area contributed by atoms with E-state index < -0.39 is 58.0 Å². The fraction of sp³-hybridized carbons (Fsp3) is 0.320. The molecule has 0 bridgehead atoms. The second-order valence-corrected chi connectivity index (χ2v) is 10.2. The molecule has 6 N–H and O–H groups in total. The first-order valence-electron chi connectivity index (χ1n) is 11.0. The molecular formula is C25H24N2O7S. The van der Waals surface area contributed by atoms with E-state index in [2.05, 4.69) is 0 Å². The third-order valence-electron chi connectivity index (χ3n) is 7.44. The first-order chi connectivity index (χ1) is 16.5. The van der Waals surface area contributed by atoms with Crippen LogP contribution in [0.25, 0.3) is 16.9 Å². The van der Waals surface area contributed by atoms with E-state index in [0.717, 1.165) is 11.1 Å². The van der Waals surface area contributed by atoms with Gasteiger partial charge in [-0.25, -0.2) is 0 Å². The summed E-state index contributed by atoms with van der Waals surface area (Å²) >= 11 is 1.50. The van der Waals surface area contributed by atoms with E-state index in [0.29, 0.717) is 5.56 Å². The van der Waals surface area contributed by atoms with E-state index >= 15 is 0 Å². The SMILES string of the molecule is CN(C)[C@H]1C(=O)C(C(N)=O)=C(O)[C@]2(O)C(=O)C3=C(O)c4c(O)ccc(-c5ccsc5)c4C[C@@H]3C[C@H]12. The molecule has 1 fully saturated rings. The topological polar surface area (TPSA) is 161 Å². The van der Waals surface area contributed by atoms with E-state index in [-0.39, 0.29) is 29.7 Å². The number of fused-ring (bicyclic) bond motifs is 3. The summed E-state index contributed by atoms with van der Waals surface area (Å²) in [7, 11) is 3.14. The van der Waals surface area contributed by atoms with Gasteiger partial charge in [-0.1, -0.05) is 6.07 Å². The van der Waals surface area contributed by atoms with Crippen LogP contribution in [0.2, 0.25) is 0 Å². The van der Waals surface area contributed by atoms with Gasteiger partial charge in [0, 0.05) is 11.5 Å². The van der Waals surface area contributed by atoms with Crippen LogP contribution in [0.4, 0.5) is 0 Å². The molecule has 9 nitrogen and oxygen atoms in total. The molecule has 1 heterocycles. The molecule has 1 amide bonds. The number of nitrogens with zero attached hydrogens (tertiary/aromatic N) is 1. The zero-order valence-electron chi connectivity index (χ0n) is 19.0. The lowest BCUT2D eigenvalue weighted by Crippen LogP contribution is -2.65. The number of carbonyl (C=O) groups excluding carboxylic acids is 3. The van der Waals surface area contributed by atoms with Crippen LogP contribution >= 0.6 is 11.3 Å². The number of carbonyl (C=O) groups is 3. The predicted octanol–water partition coefficient (Wildman–Crippen LogP) is 1.69. The molecule has 4 atom stereocenters. The first-order valence-corrected chi connectivity index (χ1v) is 12.0. The molecule has 182 valence electrons. The van der Waals surface area contributed by atoms with Gasteiger partial charge in [-0.3, -0.25) is 19.3 Å². The largest absolute Gasteiger partial charge is 0.508 e. The lowest BCUT2D eigenvalue weighted by atomic mass is 9.57. The Kier molecular flexibility index (Phi) is 5.17. The first kappa shape index (κ1) is 23.3. The van der Waals surface area contributed by atoms with Crippen molar-refractivity contribution in [2.24, 2.45) is 17.6 Å². The number of amides is 1. The number of primary amides is 1. The Labute approximate surface area is 204 Å². The Morgan fingerprint density at radius 3 is 2.49 bits per heavy atom. The third kappa shape index (κ3) is 3.03. The Hall–Kier alpha value is -3.47. The average Bonchev–Trinajstić information content (AvgIpc) is 3.30. The van der Waals surface area contributed by atoms with Crippen LogP contribution in [0.15, 0.2) is 45.9 Å². The van der Waals surface area contributed by atoms with E-state index in [1.54, 1.807) is 20.2 Å². The van der Waals surface area contributed by atoms with Crippen molar-refractivity contribution in [3.8, 4) is 16.9 Å². The van der Waals surface area contributed by atoms with Crippen LogP contribution in [-0.4, -0.2) is 68.5 Å². The lowest BCUT2D eigenvalue weighted by Gasteiger charge is -2.50. The number of hydrogen-bond donors (Lipinski definition) is 5. The molecule has 35 heavy (non-hydrogen) atoms. The van der Waals surface area contributed by atoms with Crippen molar-refractivity contribution in [2.75, 3.05) is 14.1 Å². The third-order valence-corrected chi connectivity index (χ3v) is 8.12. The number of phenols is 1. The number of hydrogen-bond acceptors (Lipinski definition) is 9. The molecule has 3 aliphatic rings. The normalized spacial score (nSPS) is 28.2. The molecule has 0 radical (unpaired) electrons. The van der Waals surface area contributed by atoms with Gasteiger partial charge < -0.3 is 26.2 Å². The summed E-state index contributed by atoms with van der Waals surface area (Å²) in [6, 6.07) is 3.98. The average molecular weight is 497 g/mol. The second kappa shape index (κ2) is 7.77. The summed E-state index contributed by atoms with van der Waals surface area (Å²) < 4.78 is 0. The number of benzene rings is 1. The monoisotopic (exact) mass is 496 g/mol. The highest BCUT2D eigenvalue weighted by atomic mass is 32.1. The molecule has 5 rings (SSSR count). The highest BCUT2D eigenvalue weighted by Crippen LogP contribution is 2.53. The van der Waals surface area contributed by atoms with Gasteiger partial charge in [0.15, 0.2) is 11.4 Å². The fourth-order valence-corrected chi connectivity index (χ4v) is 6.59. The van der Waals surface area contributed by atoms with Crippen molar-refractivity contribution in [3.05, 3.63) is 57.0 Å². The van der Waals surface area contributed by atoms with Crippen LogP contribution < -0.4 is 5.73 Å². The number of aromatic hydroxyl groups is 1. The highest BCUT2D eigenvalue weighted by Gasteiger charge is 2.64. The van der Waals surface area contributed by atoms with Gasteiger partial charge in [0.25, 0.3) is 5.91 Å². The molecule has 1 saturated carbocycles. The molecular weight excluding hydrogens is 472 g/mol. The minimum atomic E-state index is -2.63. The van der Waals surface area contributed by atoms with Crippen LogP contribution in [-0.2, 0) is 20.8 Å². The van der Waals surface area contributed by atoms with Crippen LogP contribution in [0, 0.1) is 11.8 Å². The standard InChI is InChI=1S/C25H24N2O7S/c1-27(2)19-14-8-11-7-13-12(10-5-6-35-9-10)3-4-15(28)17(13)20(29)16(11)22(31)25(14,34)23(32)18(21(19)30)24(26)33/h3-6,9,11,14,19,28-29,32,34H,7-8H2,1-2H3,(H2,26,33)/t11-,14-,19-,25-/m1/s1. The van der Waals surface area contributed by atoms with Gasteiger partial charge in [0.05, 0.1) is 11.6 Å². The van der Waals surface area contributed by atoms with Crippen LogP contribution in [0.5, 0.6) is 5.75 Å². The number of nitrogens with two attached hydrogens (primary N) is 1. The smallest absolute Gasteiger partial charge is 0.255 e. The zero-order chi connectivity index (χ0) is 25.4. The van der Waals surface area contributed by atoms with Crippen molar-refractivity contribution in [2.45, 2.75) is 24.5 Å². The Morgan fingerprint density at radius 1 is 1.17 bits per heavy atom. The second-order valence-electron chi connectivity index (χ2n) is 9.46. The van der Waals surface area contributed by atoms with Gasteiger partial charge in [-0.15, -0.1) is 0 Å². The van der Waals surface area contributed by atoms with Crippen molar-refractivity contribution in [3.63, 3.8) is 0 Å². The molecule has 1 aromatic carbocycles. The number of aliphatic hydroxyl groups excluding tert-OH is 2. The van der Waals surface area contributed by atoms with Crippen molar-refractivity contribution in [1.29, 1.82) is 0 Å². The molecule has 0 unspecified atom stereocenters. The molecule has 2 aromatic rings. The van der Waals surface area contributed by atoms with E-state index in [4.69, 9.17) is 5.73 Å². The summed E-state index contributed by atoms with van der Waals surface area (Å²) in [6.07, 6.45) is 0.318. The number of ketones is 2. The van der Waals surface area contributed by atoms with Crippen molar-refractivity contribution >= 4 is 34.6 Å². The maximum Gasteiger partial charge on any atom is 0.255 e. The lowest BCUT2D eigenvalue weighted by molar-refractivity contribution is -0.153. The molecule has 10 heteroatoms.